The Hall–Kier alpha value is -1.60. The third-order valence-electron chi connectivity index (χ3n) is 5.10. The molecule has 1 saturated carbocycles. The van der Waals surface area contributed by atoms with Crippen molar-refractivity contribution in [2.45, 2.75) is 70.4 Å². The van der Waals surface area contributed by atoms with Gasteiger partial charge in [0.2, 0.25) is 0 Å². The Morgan fingerprint density at radius 3 is 2.92 bits per heavy atom. The van der Waals surface area contributed by atoms with Crippen LogP contribution in [-0.2, 0) is 11.3 Å². The van der Waals surface area contributed by atoms with Crippen LogP contribution in [-0.4, -0.2) is 46.4 Å². The number of hydrogen-bond donors (Lipinski definition) is 1. The average molecular weight is 350 g/mol. The molecule has 0 unspecified atom stereocenters. The van der Waals surface area contributed by atoms with Gasteiger partial charge in [0.25, 0.3) is 0 Å². The van der Waals surface area contributed by atoms with Crippen molar-refractivity contribution in [3.63, 3.8) is 0 Å². The van der Waals surface area contributed by atoms with Gasteiger partial charge in [-0.3, -0.25) is 4.84 Å². The highest BCUT2D eigenvalue weighted by Crippen LogP contribution is 2.37. The summed E-state index contributed by atoms with van der Waals surface area (Å²) >= 11 is 0. The van der Waals surface area contributed by atoms with Crippen molar-refractivity contribution in [3.8, 4) is 0 Å². The lowest BCUT2D eigenvalue weighted by Crippen LogP contribution is -2.43. The first-order chi connectivity index (χ1) is 12.1. The molecule has 2 aliphatic rings. The van der Waals surface area contributed by atoms with Gasteiger partial charge in [0.15, 0.2) is 0 Å². The summed E-state index contributed by atoms with van der Waals surface area (Å²) in [4.78, 5) is 20.4. The van der Waals surface area contributed by atoms with E-state index in [-0.39, 0.29) is 17.6 Å². The molecule has 1 aromatic heterocycles. The van der Waals surface area contributed by atoms with Crippen LogP contribution in [0, 0.1) is 0 Å². The largest absolute Gasteiger partial charge is 0.361 e. The molecule has 0 bridgehead atoms. The van der Waals surface area contributed by atoms with Gasteiger partial charge in [0.1, 0.15) is 11.5 Å². The number of aromatic nitrogens is 1. The first kappa shape index (κ1) is 18.2. The molecular formula is C18H30N4O3. The standard InChI is InChI=1S/C18H30N4O3/c1-3-5-11-24-22-10-6-7-16(21(4-2)17(22)23)15-12-14(25-20-15)13-18(19)8-9-18/h12,16H,3-11,13,19H2,1-2H3/t16-/m0/s1. The van der Waals surface area contributed by atoms with Gasteiger partial charge in [-0.05, 0) is 39.0 Å². The predicted molar refractivity (Wildman–Crippen MR) is 93.7 cm³/mol. The number of hydrogen-bond acceptors (Lipinski definition) is 5. The summed E-state index contributed by atoms with van der Waals surface area (Å²) in [5, 5.41) is 5.76. The van der Waals surface area contributed by atoms with Gasteiger partial charge in [0, 0.05) is 24.6 Å². The zero-order valence-corrected chi connectivity index (χ0v) is 15.4. The molecule has 0 spiro atoms. The van der Waals surface area contributed by atoms with E-state index >= 15 is 0 Å². The highest BCUT2D eigenvalue weighted by atomic mass is 16.7. The van der Waals surface area contributed by atoms with Crippen LogP contribution in [0.25, 0.3) is 0 Å². The molecule has 25 heavy (non-hydrogen) atoms. The van der Waals surface area contributed by atoms with E-state index in [1.54, 1.807) is 0 Å². The lowest BCUT2D eigenvalue weighted by Gasteiger charge is -2.30. The number of hydroxylamine groups is 2. The lowest BCUT2D eigenvalue weighted by molar-refractivity contribution is -0.123. The summed E-state index contributed by atoms with van der Waals surface area (Å²) in [5.74, 6) is 0.818. The third-order valence-corrected chi connectivity index (χ3v) is 5.10. The van der Waals surface area contributed by atoms with Gasteiger partial charge in [-0.25, -0.2) is 9.86 Å². The van der Waals surface area contributed by atoms with Crippen molar-refractivity contribution in [1.82, 2.24) is 15.1 Å². The van der Waals surface area contributed by atoms with Crippen molar-refractivity contribution in [2.24, 2.45) is 5.73 Å². The topological polar surface area (TPSA) is 84.8 Å². The van der Waals surface area contributed by atoms with Crippen LogP contribution in [0.1, 0.15) is 69.9 Å². The second kappa shape index (κ2) is 7.74. The predicted octanol–water partition coefficient (Wildman–Crippen LogP) is 3.02. The van der Waals surface area contributed by atoms with Gasteiger partial charge < -0.3 is 15.2 Å². The summed E-state index contributed by atoms with van der Waals surface area (Å²) in [6, 6.07) is 1.83. The summed E-state index contributed by atoms with van der Waals surface area (Å²) in [6.07, 6.45) is 6.53. The van der Waals surface area contributed by atoms with E-state index in [9.17, 15) is 4.79 Å². The number of rotatable bonds is 8. The molecule has 1 aromatic rings. The summed E-state index contributed by atoms with van der Waals surface area (Å²) in [6.45, 7) is 5.90. The Balaban J connectivity index is 1.69. The third kappa shape index (κ3) is 4.33. The maximum atomic E-state index is 12.8. The van der Waals surface area contributed by atoms with Crippen LogP contribution in [0.5, 0.6) is 0 Å². The van der Waals surface area contributed by atoms with Gasteiger partial charge in [-0.2, -0.15) is 0 Å². The maximum absolute atomic E-state index is 12.8. The first-order valence-corrected chi connectivity index (χ1v) is 9.51. The van der Waals surface area contributed by atoms with Gasteiger partial charge in [-0.1, -0.05) is 18.5 Å². The molecule has 1 aliphatic carbocycles. The highest BCUT2D eigenvalue weighted by molar-refractivity contribution is 5.74. The molecular weight excluding hydrogens is 320 g/mol. The van der Waals surface area contributed by atoms with E-state index in [4.69, 9.17) is 15.1 Å². The molecule has 7 heteroatoms. The summed E-state index contributed by atoms with van der Waals surface area (Å²) in [7, 11) is 0. The van der Waals surface area contributed by atoms with Crippen LogP contribution >= 0.6 is 0 Å². The lowest BCUT2D eigenvalue weighted by atomic mass is 10.1. The molecule has 7 nitrogen and oxygen atoms in total. The zero-order valence-electron chi connectivity index (χ0n) is 15.4. The van der Waals surface area contributed by atoms with E-state index in [0.717, 1.165) is 56.4 Å². The molecule has 1 aliphatic heterocycles. The number of amides is 2. The van der Waals surface area contributed by atoms with Crippen LogP contribution < -0.4 is 5.73 Å². The van der Waals surface area contributed by atoms with E-state index in [2.05, 4.69) is 12.1 Å². The molecule has 2 amide bonds. The fourth-order valence-electron chi connectivity index (χ4n) is 3.31. The monoisotopic (exact) mass is 350 g/mol. The highest BCUT2D eigenvalue weighted by Gasteiger charge is 2.40. The minimum absolute atomic E-state index is 0.0669. The fourth-order valence-corrected chi connectivity index (χ4v) is 3.31. The first-order valence-electron chi connectivity index (χ1n) is 9.51. The zero-order chi connectivity index (χ0) is 17.9. The Morgan fingerprint density at radius 2 is 2.24 bits per heavy atom. The Labute approximate surface area is 149 Å². The Kier molecular flexibility index (Phi) is 5.64. The van der Waals surface area contributed by atoms with Crippen molar-refractivity contribution < 1.29 is 14.2 Å². The van der Waals surface area contributed by atoms with Gasteiger partial charge in [0.05, 0.1) is 19.2 Å². The molecule has 0 radical (unpaired) electrons. The second-order valence-corrected chi connectivity index (χ2v) is 7.27. The van der Waals surface area contributed by atoms with Crippen LogP contribution in [0.3, 0.4) is 0 Å². The van der Waals surface area contributed by atoms with Crippen LogP contribution in [0.15, 0.2) is 10.6 Å². The van der Waals surface area contributed by atoms with Crippen LogP contribution in [0.4, 0.5) is 4.79 Å². The Bertz CT molecular complexity index is 585. The van der Waals surface area contributed by atoms with Crippen molar-refractivity contribution >= 4 is 6.03 Å². The molecule has 140 valence electrons. The molecule has 2 fully saturated rings. The van der Waals surface area contributed by atoms with E-state index in [0.29, 0.717) is 19.7 Å². The van der Waals surface area contributed by atoms with E-state index in [1.807, 2.05) is 17.9 Å². The summed E-state index contributed by atoms with van der Waals surface area (Å²) in [5.41, 5.74) is 6.88. The number of urea groups is 1. The van der Waals surface area contributed by atoms with Crippen molar-refractivity contribution in [1.29, 1.82) is 0 Å². The number of carbonyl (C=O) groups is 1. The normalized spacial score (nSPS) is 23.0. The molecule has 2 N–H and O–H groups in total. The van der Waals surface area contributed by atoms with Crippen molar-refractivity contribution in [2.75, 3.05) is 19.7 Å². The minimum atomic E-state index is -0.107. The quantitative estimate of drug-likeness (QED) is 0.729. The smallest absolute Gasteiger partial charge is 0.344 e. The molecule has 1 saturated heterocycles. The minimum Gasteiger partial charge on any atom is -0.361 e. The number of nitrogens with zero attached hydrogens (tertiary/aromatic N) is 3. The maximum Gasteiger partial charge on any atom is 0.344 e. The number of carbonyl (C=O) groups excluding carboxylic acids is 1. The SMILES string of the molecule is CCCCON1CCC[C@@H](c2cc(CC3(N)CC3)on2)N(CC)C1=O. The molecule has 1 atom stereocenters. The molecule has 3 rings (SSSR count). The second-order valence-electron chi connectivity index (χ2n) is 7.27. The van der Waals surface area contributed by atoms with E-state index < -0.39 is 0 Å². The number of nitrogens with two attached hydrogens (primary N) is 1. The summed E-state index contributed by atoms with van der Waals surface area (Å²) < 4.78 is 5.50. The van der Waals surface area contributed by atoms with Gasteiger partial charge >= 0.3 is 6.03 Å². The van der Waals surface area contributed by atoms with Crippen LogP contribution in [0.2, 0.25) is 0 Å². The number of unbranched alkanes of at least 4 members (excludes halogenated alkanes) is 1. The van der Waals surface area contributed by atoms with Gasteiger partial charge in [-0.15, -0.1) is 0 Å². The molecule has 0 aromatic carbocycles. The van der Waals surface area contributed by atoms with E-state index in [1.165, 1.54) is 5.06 Å². The fraction of sp³-hybridized carbons (Fsp3) is 0.778. The average Bonchev–Trinajstić information content (AvgIpc) is 3.18. The van der Waals surface area contributed by atoms with Crippen molar-refractivity contribution in [3.05, 3.63) is 17.5 Å². The molecule has 2 heterocycles. The Morgan fingerprint density at radius 1 is 1.44 bits per heavy atom.